The lowest BCUT2D eigenvalue weighted by molar-refractivity contribution is -0.141. The van der Waals surface area contributed by atoms with Gasteiger partial charge in [0.15, 0.2) is 11.3 Å². The van der Waals surface area contributed by atoms with E-state index in [0.717, 1.165) is 6.07 Å². The van der Waals surface area contributed by atoms with Crippen LogP contribution in [0.5, 0.6) is 0 Å². The lowest BCUT2D eigenvalue weighted by Crippen LogP contribution is -2.31. The van der Waals surface area contributed by atoms with Gasteiger partial charge in [0.05, 0.1) is 40.0 Å². The highest BCUT2D eigenvalue weighted by atomic mass is 79.9. The third kappa shape index (κ3) is 4.83. The topological polar surface area (TPSA) is 111 Å². The van der Waals surface area contributed by atoms with E-state index < -0.39 is 17.8 Å². The van der Waals surface area contributed by atoms with E-state index in [0.29, 0.717) is 21.2 Å². The van der Waals surface area contributed by atoms with Crippen molar-refractivity contribution in [3.8, 4) is 0 Å². The fourth-order valence-corrected chi connectivity index (χ4v) is 3.74. The van der Waals surface area contributed by atoms with Crippen molar-refractivity contribution < 1.29 is 18.0 Å². The Morgan fingerprint density at radius 1 is 1.12 bits per heavy atom. The smallest absolute Gasteiger partial charge is 0.383 e. The molecule has 8 nitrogen and oxygen atoms in total. The van der Waals surface area contributed by atoms with Gasteiger partial charge in [0, 0.05) is 17.0 Å². The van der Waals surface area contributed by atoms with Crippen molar-refractivity contribution in [1.82, 2.24) is 30.0 Å². The van der Waals surface area contributed by atoms with Crippen molar-refractivity contribution in [2.24, 2.45) is 0 Å². The summed E-state index contributed by atoms with van der Waals surface area (Å²) in [6.07, 6.45) is -3.22. The van der Waals surface area contributed by atoms with E-state index in [1.807, 2.05) is 0 Å². The summed E-state index contributed by atoms with van der Waals surface area (Å²) in [5.41, 5.74) is 7.77. The number of rotatable bonds is 5. The number of anilines is 1. The van der Waals surface area contributed by atoms with Crippen LogP contribution in [0, 0.1) is 0 Å². The summed E-state index contributed by atoms with van der Waals surface area (Å²) in [6, 6.07) is 5.35. The Labute approximate surface area is 191 Å². The van der Waals surface area contributed by atoms with Gasteiger partial charge < -0.3 is 10.6 Å². The Kier molecular flexibility index (Phi) is 6.02. The van der Waals surface area contributed by atoms with Crippen molar-refractivity contribution >= 4 is 50.0 Å². The molecule has 32 heavy (non-hydrogen) atoms. The number of nitrogen functional groups attached to an aromatic ring is 1. The number of thiazole rings is 1. The third-order valence-electron chi connectivity index (χ3n) is 4.38. The summed E-state index contributed by atoms with van der Waals surface area (Å²) in [5.74, 6) is -0.128. The van der Waals surface area contributed by atoms with Gasteiger partial charge in [0.2, 0.25) is 0 Å². The highest BCUT2D eigenvalue weighted by Gasteiger charge is 2.33. The second kappa shape index (κ2) is 8.74. The standard InChI is InChI=1S/C19H13BrF3N7OS/c20-14-4-10-3-11(5-25-17(10)27-16(14)24)18(31)30(7-13-8-32-9-26-13)6-12-1-2-15(29-28-12)19(21,22)23/h1-5,8-9H,6-7H2,(H2,24,25,27). The number of carbonyl (C=O) groups is 1. The van der Waals surface area contributed by atoms with E-state index in [4.69, 9.17) is 5.73 Å². The summed E-state index contributed by atoms with van der Waals surface area (Å²) in [5, 5.41) is 9.24. The fourth-order valence-electron chi connectivity index (χ4n) is 2.85. The molecule has 0 saturated carbocycles. The molecule has 0 aliphatic rings. The molecule has 0 spiro atoms. The Bertz CT molecular complexity index is 1270. The van der Waals surface area contributed by atoms with Gasteiger partial charge in [-0.2, -0.15) is 18.3 Å². The number of hydrogen-bond acceptors (Lipinski definition) is 8. The van der Waals surface area contributed by atoms with Gasteiger partial charge in [-0.15, -0.1) is 16.4 Å². The predicted molar refractivity (Wildman–Crippen MR) is 114 cm³/mol. The van der Waals surface area contributed by atoms with Crippen molar-refractivity contribution in [3.63, 3.8) is 0 Å². The lowest BCUT2D eigenvalue weighted by atomic mass is 10.1. The van der Waals surface area contributed by atoms with Crippen molar-refractivity contribution in [1.29, 1.82) is 0 Å². The van der Waals surface area contributed by atoms with Gasteiger partial charge in [0.1, 0.15) is 5.82 Å². The monoisotopic (exact) mass is 523 g/mol. The summed E-state index contributed by atoms with van der Waals surface area (Å²) in [7, 11) is 0. The minimum absolute atomic E-state index is 0.0663. The predicted octanol–water partition coefficient (Wildman–Crippen LogP) is 4.08. The van der Waals surface area contributed by atoms with Crippen LogP contribution >= 0.6 is 27.3 Å². The van der Waals surface area contributed by atoms with Crippen LogP contribution in [0.15, 0.2) is 45.8 Å². The maximum Gasteiger partial charge on any atom is 0.435 e. The molecule has 0 aliphatic heterocycles. The number of fused-ring (bicyclic) bond motifs is 1. The fraction of sp³-hybridized carbons (Fsp3) is 0.158. The molecule has 0 aromatic carbocycles. The van der Waals surface area contributed by atoms with Crippen LogP contribution in [0.1, 0.15) is 27.4 Å². The van der Waals surface area contributed by atoms with Crippen LogP contribution in [-0.2, 0) is 19.3 Å². The number of amides is 1. The molecule has 4 aromatic heterocycles. The van der Waals surface area contributed by atoms with Crippen LogP contribution in [0.25, 0.3) is 11.0 Å². The van der Waals surface area contributed by atoms with E-state index >= 15 is 0 Å². The number of aromatic nitrogens is 5. The third-order valence-corrected chi connectivity index (χ3v) is 5.65. The Morgan fingerprint density at radius 3 is 2.56 bits per heavy atom. The number of nitrogens with zero attached hydrogens (tertiary/aromatic N) is 6. The summed E-state index contributed by atoms with van der Waals surface area (Å²) in [4.78, 5) is 27.2. The van der Waals surface area contributed by atoms with Crippen LogP contribution < -0.4 is 5.73 Å². The molecule has 0 aliphatic carbocycles. The number of alkyl halides is 3. The van der Waals surface area contributed by atoms with Gasteiger partial charge >= 0.3 is 6.18 Å². The zero-order valence-corrected chi connectivity index (χ0v) is 18.4. The highest BCUT2D eigenvalue weighted by Crippen LogP contribution is 2.27. The summed E-state index contributed by atoms with van der Waals surface area (Å²) in [6.45, 7) is 0.0654. The summed E-state index contributed by atoms with van der Waals surface area (Å²) >= 11 is 4.66. The van der Waals surface area contributed by atoms with Crippen LogP contribution in [-0.4, -0.2) is 36.0 Å². The van der Waals surface area contributed by atoms with Gasteiger partial charge in [-0.1, -0.05) is 0 Å². The number of pyridine rings is 2. The highest BCUT2D eigenvalue weighted by molar-refractivity contribution is 9.10. The molecule has 0 fully saturated rings. The van der Waals surface area contributed by atoms with Crippen LogP contribution in [0.4, 0.5) is 19.0 Å². The van der Waals surface area contributed by atoms with E-state index in [-0.39, 0.29) is 30.2 Å². The molecule has 4 rings (SSSR count). The number of halogens is 4. The van der Waals surface area contributed by atoms with E-state index in [1.165, 1.54) is 28.5 Å². The maximum atomic E-state index is 13.3. The van der Waals surface area contributed by atoms with Crippen molar-refractivity contribution in [2.45, 2.75) is 19.3 Å². The molecule has 13 heteroatoms. The van der Waals surface area contributed by atoms with Gasteiger partial charge in [0.25, 0.3) is 5.91 Å². The molecule has 2 N–H and O–H groups in total. The Balaban J connectivity index is 1.64. The van der Waals surface area contributed by atoms with Gasteiger partial charge in [-0.25, -0.2) is 15.0 Å². The van der Waals surface area contributed by atoms with Crippen LogP contribution in [0.2, 0.25) is 0 Å². The molecule has 0 atom stereocenters. The molecule has 0 bridgehead atoms. The quantitative estimate of drug-likeness (QED) is 0.419. The zero-order valence-electron chi connectivity index (χ0n) is 16.0. The van der Waals surface area contributed by atoms with E-state index in [9.17, 15) is 18.0 Å². The molecule has 0 saturated heterocycles. The zero-order chi connectivity index (χ0) is 22.9. The minimum Gasteiger partial charge on any atom is -0.383 e. The van der Waals surface area contributed by atoms with Gasteiger partial charge in [-0.3, -0.25) is 4.79 Å². The Morgan fingerprint density at radius 2 is 1.91 bits per heavy atom. The first-order valence-electron chi connectivity index (χ1n) is 8.98. The first-order chi connectivity index (χ1) is 15.2. The largest absolute Gasteiger partial charge is 0.435 e. The van der Waals surface area contributed by atoms with Crippen molar-refractivity contribution in [2.75, 3.05) is 5.73 Å². The second-order valence-corrected chi connectivity index (χ2v) is 8.25. The van der Waals surface area contributed by atoms with Gasteiger partial charge in [-0.05, 0) is 40.2 Å². The molecule has 0 unspecified atom stereocenters. The molecular weight excluding hydrogens is 511 g/mol. The first-order valence-corrected chi connectivity index (χ1v) is 10.7. The SMILES string of the molecule is Nc1nc2ncc(C(=O)N(Cc3cscn3)Cc3ccc(C(F)(F)F)nn3)cc2cc1Br. The normalized spacial score (nSPS) is 11.6. The number of nitrogens with two attached hydrogens (primary N) is 1. The minimum atomic E-state index is -4.59. The summed E-state index contributed by atoms with van der Waals surface area (Å²) < 4.78 is 38.9. The molecule has 1 amide bonds. The average Bonchev–Trinajstić information content (AvgIpc) is 3.26. The van der Waals surface area contributed by atoms with Crippen molar-refractivity contribution in [3.05, 3.63) is 68.5 Å². The molecule has 4 aromatic rings. The lowest BCUT2D eigenvalue weighted by Gasteiger charge is -2.21. The van der Waals surface area contributed by atoms with E-state index in [1.54, 1.807) is 23.0 Å². The van der Waals surface area contributed by atoms with Crippen LogP contribution in [0.3, 0.4) is 0 Å². The molecule has 4 heterocycles. The number of carbonyl (C=O) groups excluding carboxylic acids is 1. The number of hydrogen-bond donors (Lipinski definition) is 1. The average molecular weight is 524 g/mol. The molecule has 164 valence electrons. The molecular formula is C19H13BrF3N7OS. The first kappa shape index (κ1) is 22.0. The maximum absolute atomic E-state index is 13.3. The second-order valence-electron chi connectivity index (χ2n) is 6.67. The molecule has 0 radical (unpaired) electrons. The Hall–Kier alpha value is -3.19. The van der Waals surface area contributed by atoms with E-state index in [2.05, 4.69) is 41.1 Å².